The van der Waals surface area contributed by atoms with Crippen LogP contribution in [-0.2, 0) is 24.5 Å². The smallest absolute Gasteiger partial charge is 0.135 e. The summed E-state index contributed by atoms with van der Waals surface area (Å²) in [6, 6.07) is 0. The highest BCUT2D eigenvalue weighted by Crippen LogP contribution is 2.39. The van der Waals surface area contributed by atoms with Crippen molar-refractivity contribution >= 4 is 0 Å². The first-order valence-electron chi connectivity index (χ1n) is 6.31. The van der Waals surface area contributed by atoms with Crippen LogP contribution in [0, 0.1) is 0 Å². The third-order valence-corrected chi connectivity index (χ3v) is 3.89. The molecule has 0 amide bonds. The Morgan fingerprint density at radius 1 is 1.12 bits per heavy atom. The predicted octanol–water partition coefficient (Wildman–Crippen LogP) is 2.82. The molecular weight excluding hydrogens is 202 g/mol. The number of furan rings is 1. The highest BCUT2D eigenvalue weighted by atomic mass is 16.5. The van der Waals surface area contributed by atoms with Gasteiger partial charge < -0.3 is 14.9 Å². The molecule has 0 spiro atoms. The maximum atomic E-state index is 5.98. The number of hydrogen-bond donors (Lipinski definition) is 1. The molecule has 16 heavy (non-hydrogen) atoms. The van der Waals surface area contributed by atoms with Gasteiger partial charge in [-0.25, -0.2) is 0 Å². The summed E-state index contributed by atoms with van der Waals surface area (Å²) in [5, 5.41) is 0. The highest BCUT2D eigenvalue weighted by Gasteiger charge is 2.28. The first-order chi connectivity index (χ1) is 7.90. The van der Waals surface area contributed by atoms with Crippen LogP contribution in [0.1, 0.15) is 60.7 Å². The van der Waals surface area contributed by atoms with Gasteiger partial charge in [-0.15, -0.1) is 0 Å². The van der Waals surface area contributed by atoms with Gasteiger partial charge in [-0.3, -0.25) is 0 Å². The third-order valence-electron chi connectivity index (χ3n) is 3.89. The maximum Gasteiger partial charge on any atom is 0.135 e. The van der Waals surface area contributed by atoms with E-state index in [9.17, 15) is 0 Å². The lowest BCUT2D eigenvalue weighted by Gasteiger charge is -2.20. The lowest BCUT2D eigenvalue weighted by molar-refractivity contribution is 0.121. The first-order valence-corrected chi connectivity index (χ1v) is 6.31. The second-order valence-electron chi connectivity index (χ2n) is 4.88. The topological polar surface area (TPSA) is 48.4 Å². The van der Waals surface area contributed by atoms with Crippen molar-refractivity contribution in [1.29, 1.82) is 0 Å². The molecule has 2 N–H and O–H groups in total. The molecule has 0 atom stereocenters. The molecule has 1 aromatic rings. The van der Waals surface area contributed by atoms with Crippen LogP contribution >= 0.6 is 0 Å². The van der Waals surface area contributed by atoms with Crippen LogP contribution in [0.4, 0.5) is 0 Å². The van der Waals surface area contributed by atoms with Crippen molar-refractivity contribution in [1.82, 2.24) is 0 Å². The first kappa shape index (κ1) is 10.4. The molecule has 0 saturated heterocycles. The van der Waals surface area contributed by atoms with Crippen molar-refractivity contribution in [3.63, 3.8) is 0 Å². The van der Waals surface area contributed by atoms with E-state index >= 15 is 0 Å². The Balaban J connectivity index is 1.93. The van der Waals surface area contributed by atoms with Crippen molar-refractivity contribution in [2.24, 2.45) is 5.73 Å². The second-order valence-corrected chi connectivity index (χ2v) is 4.88. The van der Waals surface area contributed by atoms with E-state index in [0.29, 0.717) is 25.7 Å². The lowest BCUT2D eigenvalue weighted by atomic mass is 9.85. The minimum Gasteiger partial charge on any atom is -0.463 e. The van der Waals surface area contributed by atoms with E-state index in [1.807, 2.05) is 0 Å². The molecular formula is C13H19NO2. The zero-order chi connectivity index (χ0) is 11.0. The Morgan fingerprint density at radius 2 is 1.94 bits per heavy atom. The van der Waals surface area contributed by atoms with E-state index in [-0.39, 0.29) is 0 Å². The van der Waals surface area contributed by atoms with Crippen LogP contribution in [0.2, 0.25) is 0 Å². The molecule has 1 aromatic heterocycles. The van der Waals surface area contributed by atoms with E-state index in [1.54, 1.807) is 0 Å². The fourth-order valence-electron chi connectivity index (χ4n) is 3.02. The monoisotopic (exact) mass is 221 g/mol. The van der Waals surface area contributed by atoms with Gasteiger partial charge in [0, 0.05) is 23.6 Å². The minimum atomic E-state index is 0.591. The molecule has 0 bridgehead atoms. The zero-order valence-corrected chi connectivity index (χ0v) is 9.63. The Hall–Kier alpha value is -0.800. The van der Waals surface area contributed by atoms with Crippen molar-refractivity contribution in [3.8, 4) is 0 Å². The molecule has 1 saturated carbocycles. The van der Waals surface area contributed by atoms with Crippen LogP contribution in [-0.4, -0.2) is 0 Å². The largest absolute Gasteiger partial charge is 0.463 e. The molecule has 1 aliphatic carbocycles. The van der Waals surface area contributed by atoms with Gasteiger partial charge >= 0.3 is 0 Å². The van der Waals surface area contributed by atoms with E-state index in [0.717, 1.165) is 5.76 Å². The number of fused-ring (bicyclic) bond motifs is 1. The van der Waals surface area contributed by atoms with E-state index < -0.39 is 0 Å². The fourth-order valence-corrected chi connectivity index (χ4v) is 3.02. The second kappa shape index (κ2) is 4.22. The molecule has 0 aromatic carbocycles. The van der Waals surface area contributed by atoms with Gasteiger partial charge in [-0.05, 0) is 12.8 Å². The maximum absolute atomic E-state index is 5.98. The summed E-state index contributed by atoms with van der Waals surface area (Å²) >= 11 is 0. The standard InChI is InChI=1S/C13H19NO2/c14-6-10-11-7-15-8-12(11)16-13(10)9-4-2-1-3-5-9/h9H,1-8,14H2. The summed E-state index contributed by atoms with van der Waals surface area (Å²) in [6.07, 6.45) is 6.56. The van der Waals surface area contributed by atoms with Crippen molar-refractivity contribution in [2.45, 2.75) is 57.8 Å². The Morgan fingerprint density at radius 3 is 2.69 bits per heavy atom. The molecule has 3 rings (SSSR count). The van der Waals surface area contributed by atoms with Gasteiger partial charge in [0.2, 0.25) is 0 Å². The van der Waals surface area contributed by atoms with Crippen LogP contribution in [0.3, 0.4) is 0 Å². The summed E-state index contributed by atoms with van der Waals surface area (Å²) in [6.45, 7) is 1.92. The average molecular weight is 221 g/mol. The van der Waals surface area contributed by atoms with Crippen molar-refractivity contribution < 1.29 is 9.15 Å². The minimum absolute atomic E-state index is 0.591. The zero-order valence-electron chi connectivity index (χ0n) is 9.63. The third kappa shape index (κ3) is 1.59. The van der Waals surface area contributed by atoms with E-state index in [1.165, 1.54) is 49.0 Å². The predicted molar refractivity (Wildman–Crippen MR) is 60.9 cm³/mol. The normalized spacial score (nSPS) is 21.3. The molecule has 2 heterocycles. The molecule has 0 radical (unpaired) electrons. The SMILES string of the molecule is NCc1c(C2CCCCC2)oc2c1COC2. The summed E-state index contributed by atoms with van der Waals surface area (Å²) in [5.41, 5.74) is 8.33. The number of nitrogens with two attached hydrogens (primary N) is 1. The van der Waals surface area contributed by atoms with Gasteiger partial charge in [-0.2, -0.15) is 0 Å². The molecule has 0 unspecified atom stereocenters. The van der Waals surface area contributed by atoms with Gasteiger partial charge in [0.25, 0.3) is 0 Å². The van der Waals surface area contributed by atoms with E-state index in [4.69, 9.17) is 14.9 Å². The molecule has 3 heteroatoms. The number of hydrogen-bond acceptors (Lipinski definition) is 3. The fraction of sp³-hybridized carbons (Fsp3) is 0.692. The van der Waals surface area contributed by atoms with Crippen LogP contribution in [0.25, 0.3) is 0 Å². The molecule has 2 aliphatic rings. The highest BCUT2D eigenvalue weighted by molar-refractivity contribution is 5.36. The van der Waals surface area contributed by atoms with Crippen molar-refractivity contribution in [2.75, 3.05) is 0 Å². The summed E-state index contributed by atoms with van der Waals surface area (Å²) < 4.78 is 11.4. The van der Waals surface area contributed by atoms with Gasteiger partial charge in [0.05, 0.1) is 6.61 Å². The van der Waals surface area contributed by atoms with Crippen LogP contribution in [0.5, 0.6) is 0 Å². The molecule has 3 nitrogen and oxygen atoms in total. The van der Waals surface area contributed by atoms with E-state index in [2.05, 4.69) is 0 Å². The van der Waals surface area contributed by atoms with Gasteiger partial charge in [-0.1, -0.05) is 19.3 Å². The number of ether oxygens (including phenoxy) is 1. The van der Waals surface area contributed by atoms with Gasteiger partial charge in [0.15, 0.2) is 0 Å². The quantitative estimate of drug-likeness (QED) is 0.835. The van der Waals surface area contributed by atoms with Crippen LogP contribution < -0.4 is 5.73 Å². The number of rotatable bonds is 2. The Labute approximate surface area is 96.0 Å². The van der Waals surface area contributed by atoms with Crippen molar-refractivity contribution in [3.05, 3.63) is 22.6 Å². The summed E-state index contributed by atoms with van der Waals surface area (Å²) in [7, 11) is 0. The Bertz CT molecular complexity index is 378. The lowest BCUT2D eigenvalue weighted by Crippen LogP contribution is -2.09. The van der Waals surface area contributed by atoms with Crippen LogP contribution in [0.15, 0.2) is 4.42 Å². The molecule has 88 valence electrons. The average Bonchev–Trinajstić information content (AvgIpc) is 2.89. The Kier molecular flexibility index (Phi) is 2.74. The molecule has 1 fully saturated rings. The van der Waals surface area contributed by atoms with Gasteiger partial charge in [0.1, 0.15) is 18.1 Å². The summed E-state index contributed by atoms with van der Waals surface area (Å²) in [4.78, 5) is 0. The summed E-state index contributed by atoms with van der Waals surface area (Å²) in [5.74, 6) is 2.81. The molecule has 1 aliphatic heterocycles.